The Bertz CT molecular complexity index is 408. The van der Waals surface area contributed by atoms with Crippen molar-refractivity contribution in [2.75, 3.05) is 7.11 Å². The topological polar surface area (TPSA) is 9.23 Å². The van der Waals surface area contributed by atoms with Crippen molar-refractivity contribution < 1.29 is 9.13 Å². The fraction of sp³-hybridized carbons (Fsp3) is 0.600. The second kappa shape index (κ2) is 4.32. The van der Waals surface area contributed by atoms with Crippen LogP contribution in [0, 0.1) is 5.82 Å². The second-order valence-electron chi connectivity index (χ2n) is 6.53. The van der Waals surface area contributed by atoms with Gasteiger partial charge in [-0.2, -0.15) is 0 Å². The first-order valence-corrected chi connectivity index (χ1v) is 5.96. The van der Waals surface area contributed by atoms with Crippen LogP contribution in [0.3, 0.4) is 0 Å². The molecule has 0 bridgehead atoms. The molecule has 0 aliphatic rings. The molecule has 0 heterocycles. The molecule has 1 aromatic carbocycles. The molecular formula is C15H23FO. The number of methoxy groups -OCH3 is 1. The first-order chi connectivity index (χ1) is 7.57. The number of hydrogen-bond acceptors (Lipinski definition) is 1. The van der Waals surface area contributed by atoms with Gasteiger partial charge in [-0.15, -0.1) is 0 Å². The third-order valence-corrected chi connectivity index (χ3v) is 2.91. The Morgan fingerprint density at radius 2 is 1.29 bits per heavy atom. The maximum Gasteiger partial charge on any atom is 0.165 e. The van der Waals surface area contributed by atoms with Crippen LogP contribution in [0.1, 0.15) is 52.7 Å². The van der Waals surface area contributed by atoms with Gasteiger partial charge in [0.1, 0.15) is 0 Å². The third kappa shape index (κ3) is 2.99. The summed E-state index contributed by atoms with van der Waals surface area (Å²) >= 11 is 0. The molecule has 17 heavy (non-hydrogen) atoms. The first kappa shape index (κ1) is 14.0. The van der Waals surface area contributed by atoms with Gasteiger partial charge in [0.05, 0.1) is 7.11 Å². The zero-order valence-electron chi connectivity index (χ0n) is 11.9. The molecule has 0 aliphatic heterocycles. The van der Waals surface area contributed by atoms with Crippen molar-refractivity contribution in [2.24, 2.45) is 0 Å². The van der Waals surface area contributed by atoms with Crippen molar-refractivity contribution in [3.05, 3.63) is 29.1 Å². The fourth-order valence-corrected chi connectivity index (χ4v) is 1.95. The van der Waals surface area contributed by atoms with Gasteiger partial charge in [-0.3, -0.25) is 0 Å². The van der Waals surface area contributed by atoms with Crippen molar-refractivity contribution >= 4 is 0 Å². The van der Waals surface area contributed by atoms with E-state index in [-0.39, 0.29) is 16.6 Å². The van der Waals surface area contributed by atoms with Gasteiger partial charge in [0.15, 0.2) is 11.6 Å². The Hall–Kier alpha value is -1.05. The van der Waals surface area contributed by atoms with E-state index in [1.54, 1.807) is 6.07 Å². The zero-order valence-corrected chi connectivity index (χ0v) is 11.9. The predicted molar refractivity (Wildman–Crippen MR) is 70.4 cm³/mol. The maximum atomic E-state index is 13.8. The molecule has 0 saturated heterocycles. The van der Waals surface area contributed by atoms with Crippen LogP contribution in [-0.4, -0.2) is 7.11 Å². The number of halogens is 1. The van der Waals surface area contributed by atoms with E-state index < -0.39 is 0 Å². The maximum absolute atomic E-state index is 13.8. The summed E-state index contributed by atoms with van der Waals surface area (Å²) in [4.78, 5) is 0. The summed E-state index contributed by atoms with van der Waals surface area (Å²) < 4.78 is 18.9. The predicted octanol–water partition coefficient (Wildman–Crippen LogP) is 4.43. The lowest BCUT2D eigenvalue weighted by Gasteiger charge is -2.30. The van der Waals surface area contributed by atoms with E-state index in [9.17, 15) is 4.39 Å². The smallest absolute Gasteiger partial charge is 0.165 e. The molecule has 0 unspecified atom stereocenters. The van der Waals surface area contributed by atoms with Gasteiger partial charge in [0.2, 0.25) is 0 Å². The Labute approximate surface area is 104 Å². The van der Waals surface area contributed by atoms with Crippen molar-refractivity contribution in [2.45, 2.75) is 52.4 Å². The highest BCUT2D eigenvalue weighted by Gasteiger charge is 2.27. The van der Waals surface area contributed by atoms with E-state index in [0.717, 1.165) is 11.1 Å². The van der Waals surface area contributed by atoms with Crippen molar-refractivity contribution in [1.29, 1.82) is 0 Å². The van der Waals surface area contributed by atoms with E-state index in [1.807, 2.05) is 6.07 Å². The van der Waals surface area contributed by atoms with Crippen LogP contribution >= 0.6 is 0 Å². The molecule has 2 heteroatoms. The normalized spacial score (nSPS) is 12.7. The number of rotatable bonds is 1. The van der Waals surface area contributed by atoms with Crippen molar-refractivity contribution in [3.8, 4) is 5.75 Å². The van der Waals surface area contributed by atoms with Gasteiger partial charge in [0, 0.05) is 0 Å². The average Bonchev–Trinajstić information content (AvgIpc) is 2.14. The third-order valence-electron chi connectivity index (χ3n) is 2.91. The molecule has 0 amide bonds. The number of benzene rings is 1. The minimum atomic E-state index is -0.287. The van der Waals surface area contributed by atoms with E-state index >= 15 is 0 Å². The standard InChI is InChI=1S/C15H23FO/c1-14(2,3)10-8-12(16)13(17-7)9-11(10)15(4,5)6/h8-9H,1-7H3. The van der Waals surface area contributed by atoms with Gasteiger partial charge >= 0.3 is 0 Å². The molecule has 1 aromatic rings. The Morgan fingerprint density at radius 3 is 1.65 bits per heavy atom. The van der Waals surface area contributed by atoms with E-state index in [1.165, 1.54) is 7.11 Å². The van der Waals surface area contributed by atoms with Crippen LogP contribution in [0.4, 0.5) is 4.39 Å². The SMILES string of the molecule is COc1cc(C(C)(C)C)c(C(C)(C)C)cc1F. The molecule has 0 aliphatic carbocycles. The van der Waals surface area contributed by atoms with Crippen LogP contribution in [-0.2, 0) is 10.8 Å². The first-order valence-electron chi connectivity index (χ1n) is 5.96. The van der Waals surface area contributed by atoms with Gasteiger partial charge in [-0.25, -0.2) is 4.39 Å². The summed E-state index contributed by atoms with van der Waals surface area (Å²) in [5.74, 6) is 0.0355. The highest BCUT2D eigenvalue weighted by molar-refractivity contribution is 5.44. The van der Waals surface area contributed by atoms with Gasteiger partial charge in [0.25, 0.3) is 0 Å². The Balaban J connectivity index is 3.54. The fourth-order valence-electron chi connectivity index (χ4n) is 1.95. The summed E-state index contributed by atoms with van der Waals surface area (Å²) in [5.41, 5.74) is 2.09. The molecule has 0 fully saturated rings. The van der Waals surface area contributed by atoms with E-state index in [2.05, 4.69) is 41.5 Å². The summed E-state index contributed by atoms with van der Waals surface area (Å²) in [6, 6.07) is 3.44. The Kier molecular flexibility index (Phi) is 3.56. The van der Waals surface area contributed by atoms with Crippen LogP contribution in [0.5, 0.6) is 5.75 Å². The van der Waals surface area contributed by atoms with Crippen molar-refractivity contribution in [3.63, 3.8) is 0 Å². The highest BCUT2D eigenvalue weighted by Crippen LogP contribution is 2.37. The number of hydrogen-bond donors (Lipinski definition) is 0. The Morgan fingerprint density at radius 1 is 0.882 bits per heavy atom. The average molecular weight is 238 g/mol. The van der Waals surface area contributed by atoms with Gasteiger partial charge in [-0.05, 0) is 34.1 Å². The minimum Gasteiger partial charge on any atom is -0.494 e. The van der Waals surface area contributed by atoms with Crippen LogP contribution in [0.15, 0.2) is 12.1 Å². The molecule has 0 atom stereocenters. The van der Waals surface area contributed by atoms with Crippen molar-refractivity contribution in [1.82, 2.24) is 0 Å². The zero-order chi connectivity index (χ0) is 13.4. The summed E-state index contributed by atoms with van der Waals surface area (Å²) in [7, 11) is 1.50. The lowest BCUT2D eigenvalue weighted by atomic mass is 9.75. The van der Waals surface area contributed by atoms with E-state index in [4.69, 9.17) is 4.74 Å². The molecule has 0 saturated carbocycles. The minimum absolute atomic E-state index is 0.0242. The van der Waals surface area contributed by atoms with Crippen LogP contribution in [0.25, 0.3) is 0 Å². The molecule has 0 aromatic heterocycles. The molecule has 96 valence electrons. The van der Waals surface area contributed by atoms with Gasteiger partial charge < -0.3 is 4.74 Å². The molecule has 0 radical (unpaired) electrons. The molecule has 1 nitrogen and oxygen atoms in total. The van der Waals surface area contributed by atoms with Crippen LogP contribution in [0.2, 0.25) is 0 Å². The summed E-state index contributed by atoms with van der Waals surface area (Å²) in [6.45, 7) is 12.7. The lowest BCUT2D eigenvalue weighted by molar-refractivity contribution is 0.382. The van der Waals surface area contributed by atoms with Gasteiger partial charge in [-0.1, -0.05) is 41.5 Å². The molecule has 1 rings (SSSR count). The highest BCUT2D eigenvalue weighted by atomic mass is 19.1. The van der Waals surface area contributed by atoms with Crippen LogP contribution < -0.4 is 4.74 Å². The molecule has 0 N–H and O–H groups in total. The lowest BCUT2D eigenvalue weighted by Crippen LogP contribution is -2.22. The monoisotopic (exact) mass is 238 g/mol. The quantitative estimate of drug-likeness (QED) is 0.703. The van der Waals surface area contributed by atoms with E-state index in [0.29, 0.717) is 5.75 Å². The summed E-state index contributed by atoms with van der Waals surface area (Å²) in [5, 5.41) is 0. The second-order valence-corrected chi connectivity index (χ2v) is 6.53. The number of ether oxygens (including phenoxy) is 1. The molecular weight excluding hydrogens is 215 g/mol. The summed E-state index contributed by atoms with van der Waals surface area (Å²) in [6.07, 6.45) is 0. The largest absolute Gasteiger partial charge is 0.494 e. The molecule has 0 spiro atoms.